The molecule has 1 amide bonds. The number of carbonyl (C=O) groups excluding carboxylic acids is 1. The number of pyridine rings is 1. The van der Waals surface area contributed by atoms with E-state index in [0.717, 1.165) is 22.8 Å². The highest BCUT2D eigenvalue weighted by molar-refractivity contribution is 5.96. The van der Waals surface area contributed by atoms with Crippen LogP contribution in [-0.2, 0) is 4.79 Å². The summed E-state index contributed by atoms with van der Waals surface area (Å²) in [5.74, 6) is 1.53. The highest BCUT2D eigenvalue weighted by Gasteiger charge is 2.36. The van der Waals surface area contributed by atoms with Crippen molar-refractivity contribution in [2.45, 2.75) is 26.1 Å². The number of hydrogen-bond donors (Lipinski definition) is 3. The number of nitrogens with one attached hydrogen (secondary N) is 3. The van der Waals surface area contributed by atoms with Crippen LogP contribution in [0, 0.1) is 6.92 Å². The van der Waals surface area contributed by atoms with Crippen molar-refractivity contribution in [3.05, 3.63) is 29.7 Å². The van der Waals surface area contributed by atoms with Gasteiger partial charge in [0.15, 0.2) is 5.82 Å². The second-order valence-electron chi connectivity index (χ2n) is 6.09. The normalized spacial score (nSPS) is 22.2. The molecule has 0 bridgehead atoms. The van der Waals surface area contributed by atoms with Gasteiger partial charge in [-0.05, 0) is 25.5 Å². The first kappa shape index (κ1) is 18.3. The summed E-state index contributed by atoms with van der Waals surface area (Å²) < 4.78 is 0. The molecular weight excluding hydrogens is 356 g/mol. The SMILES string of the molecule is CCN1C(=O)CN=C2NCC(c3ccc(-c4ncn[nH]4)nc3C)NC21.Cl. The quantitative estimate of drug-likeness (QED) is 0.715. The molecule has 0 aromatic carbocycles. The molecule has 0 spiro atoms. The average molecular weight is 377 g/mol. The number of amidine groups is 1. The Morgan fingerprint density at radius 3 is 2.88 bits per heavy atom. The number of aliphatic imine (C=N–C) groups is 1. The van der Waals surface area contributed by atoms with Gasteiger partial charge < -0.3 is 10.2 Å². The van der Waals surface area contributed by atoms with Crippen molar-refractivity contribution in [2.24, 2.45) is 4.99 Å². The molecule has 1 saturated heterocycles. The van der Waals surface area contributed by atoms with Gasteiger partial charge in [0, 0.05) is 18.8 Å². The lowest BCUT2D eigenvalue weighted by Crippen LogP contribution is -2.65. The molecular formula is C16H21ClN8O. The summed E-state index contributed by atoms with van der Waals surface area (Å²) in [5, 5.41) is 13.6. The predicted molar refractivity (Wildman–Crippen MR) is 99.0 cm³/mol. The molecule has 2 aliphatic heterocycles. The number of likely N-dealkylation sites (N-methyl/N-ethyl adjacent to an activating group) is 1. The van der Waals surface area contributed by atoms with Crippen LogP contribution in [0.15, 0.2) is 23.5 Å². The van der Waals surface area contributed by atoms with E-state index >= 15 is 0 Å². The third-order valence-electron chi connectivity index (χ3n) is 4.62. The number of aryl methyl sites for hydroxylation is 1. The first-order valence-electron chi connectivity index (χ1n) is 8.34. The van der Waals surface area contributed by atoms with Crippen molar-refractivity contribution in [3.8, 4) is 11.5 Å². The van der Waals surface area contributed by atoms with Crippen molar-refractivity contribution in [1.82, 2.24) is 35.7 Å². The molecule has 0 saturated carbocycles. The number of H-pyrrole nitrogens is 1. The molecule has 4 rings (SSSR count). The van der Waals surface area contributed by atoms with E-state index in [1.165, 1.54) is 6.33 Å². The lowest BCUT2D eigenvalue weighted by molar-refractivity contribution is -0.132. The number of nitrogens with zero attached hydrogens (tertiary/aromatic N) is 5. The summed E-state index contributed by atoms with van der Waals surface area (Å²) in [6.07, 6.45) is 1.26. The Morgan fingerprint density at radius 2 is 2.19 bits per heavy atom. The second kappa shape index (κ2) is 7.38. The zero-order valence-corrected chi connectivity index (χ0v) is 15.4. The van der Waals surface area contributed by atoms with Gasteiger partial charge in [0.25, 0.3) is 0 Å². The summed E-state index contributed by atoms with van der Waals surface area (Å²) in [6, 6.07) is 4.01. The van der Waals surface area contributed by atoms with E-state index in [1.807, 2.05) is 30.9 Å². The summed E-state index contributed by atoms with van der Waals surface area (Å²) >= 11 is 0. The molecule has 3 N–H and O–H groups in total. The van der Waals surface area contributed by atoms with Crippen LogP contribution in [0.25, 0.3) is 11.5 Å². The number of carbonyl (C=O) groups is 1. The van der Waals surface area contributed by atoms with Gasteiger partial charge in [-0.15, -0.1) is 12.4 Å². The maximum Gasteiger partial charge on any atom is 0.245 e. The van der Waals surface area contributed by atoms with Gasteiger partial charge in [0.05, 0.1) is 6.04 Å². The third kappa shape index (κ3) is 3.15. The van der Waals surface area contributed by atoms with E-state index in [9.17, 15) is 4.79 Å². The first-order valence-corrected chi connectivity index (χ1v) is 8.34. The molecule has 26 heavy (non-hydrogen) atoms. The van der Waals surface area contributed by atoms with E-state index in [0.29, 0.717) is 18.9 Å². The van der Waals surface area contributed by atoms with Crippen LogP contribution in [0.1, 0.15) is 24.2 Å². The number of halogens is 1. The van der Waals surface area contributed by atoms with Crippen molar-refractivity contribution in [3.63, 3.8) is 0 Å². The molecule has 2 aromatic heterocycles. The first-order chi connectivity index (χ1) is 12.2. The fourth-order valence-electron chi connectivity index (χ4n) is 3.36. The molecule has 2 aromatic rings. The third-order valence-corrected chi connectivity index (χ3v) is 4.62. The zero-order valence-electron chi connectivity index (χ0n) is 14.6. The Bertz CT molecular complexity index is 822. The van der Waals surface area contributed by atoms with Crippen LogP contribution in [0.5, 0.6) is 0 Å². The largest absolute Gasteiger partial charge is 0.369 e. The lowest BCUT2D eigenvalue weighted by atomic mass is 10.0. The Balaban J connectivity index is 0.00000196. The Kier molecular flexibility index (Phi) is 5.19. The molecule has 2 atom stereocenters. The van der Waals surface area contributed by atoms with E-state index in [1.54, 1.807) is 0 Å². The standard InChI is InChI=1S/C16H20N8O.ClH/c1-3-24-13(25)7-18-15-16(24)22-12(6-17-15)10-4-5-11(21-9(10)2)14-19-8-20-23-14;/h4-5,8,12,16,22H,3,6-7H2,1-2H3,(H,17,18)(H,19,20,23);1H. The second-order valence-corrected chi connectivity index (χ2v) is 6.09. The van der Waals surface area contributed by atoms with Gasteiger partial charge in [-0.25, -0.2) is 9.97 Å². The molecule has 0 aliphatic carbocycles. The predicted octanol–water partition coefficient (Wildman–Crippen LogP) is 0.418. The molecule has 10 heteroatoms. The van der Waals surface area contributed by atoms with E-state index in [2.05, 4.69) is 35.8 Å². The number of piperazine rings is 1. The zero-order chi connectivity index (χ0) is 17.4. The summed E-state index contributed by atoms with van der Waals surface area (Å²) in [7, 11) is 0. The molecule has 138 valence electrons. The van der Waals surface area contributed by atoms with Crippen molar-refractivity contribution >= 4 is 24.1 Å². The van der Waals surface area contributed by atoms with Crippen molar-refractivity contribution < 1.29 is 4.79 Å². The molecule has 1 fully saturated rings. The number of hydrogen-bond acceptors (Lipinski definition) is 7. The smallest absolute Gasteiger partial charge is 0.245 e. The lowest BCUT2D eigenvalue weighted by Gasteiger charge is -2.42. The topological polar surface area (TPSA) is 111 Å². The fourth-order valence-corrected chi connectivity index (χ4v) is 3.36. The molecule has 2 aliphatic rings. The average Bonchev–Trinajstić information content (AvgIpc) is 3.16. The van der Waals surface area contributed by atoms with Gasteiger partial charge in [0.2, 0.25) is 5.91 Å². The van der Waals surface area contributed by atoms with Crippen LogP contribution >= 0.6 is 12.4 Å². The number of fused-ring (bicyclic) bond motifs is 1. The molecule has 0 radical (unpaired) electrons. The van der Waals surface area contributed by atoms with Crippen molar-refractivity contribution in [2.75, 3.05) is 19.6 Å². The van der Waals surface area contributed by atoms with E-state index in [-0.39, 0.29) is 37.1 Å². The molecule has 9 nitrogen and oxygen atoms in total. The number of aromatic nitrogens is 4. The fraction of sp³-hybridized carbons (Fsp3) is 0.438. The summed E-state index contributed by atoms with van der Waals surface area (Å²) in [4.78, 5) is 27.0. The van der Waals surface area contributed by atoms with Crippen LogP contribution in [0.3, 0.4) is 0 Å². The van der Waals surface area contributed by atoms with Gasteiger partial charge in [-0.1, -0.05) is 6.07 Å². The minimum Gasteiger partial charge on any atom is -0.369 e. The highest BCUT2D eigenvalue weighted by Crippen LogP contribution is 2.23. The number of amides is 1. The van der Waals surface area contributed by atoms with E-state index in [4.69, 9.17) is 0 Å². The Morgan fingerprint density at radius 1 is 1.35 bits per heavy atom. The summed E-state index contributed by atoms with van der Waals surface area (Å²) in [5.41, 5.74) is 2.76. The number of rotatable bonds is 3. The highest BCUT2D eigenvalue weighted by atomic mass is 35.5. The van der Waals surface area contributed by atoms with Gasteiger partial charge in [0.1, 0.15) is 30.6 Å². The minimum atomic E-state index is -0.210. The van der Waals surface area contributed by atoms with Gasteiger partial charge in [-0.3, -0.25) is 20.2 Å². The number of aromatic amines is 1. The molecule has 2 unspecified atom stereocenters. The van der Waals surface area contributed by atoms with E-state index < -0.39 is 0 Å². The van der Waals surface area contributed by atoms with Crippen LogP contribution in [0.2, 0.25) is 0 Å². The maximum atomic E-state index is 12.1. The molecule has 4 heterocycles. The van der Waals surface area contributed by atoms with Crippen molar-refractivity contribution in [1.29, 1.82) is 0 Å². The monoisotopic (exact) mass is 376 g/mol. The van der Waals surface area contributed by atoms with Gasteiger partial charge in [-0.2, -0.15) is 5.10 Å². The van der Waals surface area contributed by atoms with Crippen LogP contribution in [-0.4, -0.2) is 62.6 Å². The van der Waals surface area contributed by atoms with Crippen LogP contribution < -0.4 is 10.6 Å². The van der Waals surface area contributed by atoms with Crippen LogP contribution in [0.4, 0.5) is 0 Å². The summed E-state index contributed by atoms with van der Waals surface area (Å²) in [6.45, 7) is 5.51. The Labute approximate surface area is 157 Å². The van der Waals surface area contributed by atoms with Gasteiger partial charge >= 0.3 is 0 Å². The maximum absolute atomic E-state index is 12.1. The Hall–Kier alpha value is -2.52. The minimum absolute atomic E-state index is 0.